The molecule has 1 aromatic heterocycles. The Kier molecular flexibility index (Phi) is 5.64. The fourth-order valence-electron chi connectivity index (χ4n) is 3.30. The second kappa shape index (κ2) is 7.26. The molecule has 1 aliphatic rings. The molecule has 1 aromatic rings. The van der Waals surface area contributed by atoms with Crippen LogP contribution in [0.2, 0.25) is 0 Å². The van der Waals surface area contributed by atoms with Gasteiger partial charge in [-0.25, -0.2) is 0 Å². The monoisotopic (exact) mass is 277 g/mol. The number of piperidine rings is 1. The molecular formula is C17H31N3. The van der Waals surface area contributed by atoms with E-state index in [4.69, 9.17) is 0 Å². The molecule has 0 aromatic carbocycles. The van der Waals surface area contributed by atoms with E-state index in [1.165, 1.54) is 50.2 Å². The molecule has 0 saturated carbocycles. The van der Waals surface area contributed by atoms with Gasteiger partial charge in [-0.1, -0.05) is 34.1 Å². The first-order valence-electron chi connectivity index (χ1n) is 8.34. The maximum Gasteiger partial charge on any atom is 0.0522 e. The molecule has 3 nitrogen and oxygen atoms in total. The van der Waals surface area contributed by atoms with Crippen molar-refractivity contribution >= 4 is 0 Å². The van der Waals surface area contributed by atoms with E-state index in [-0.39, 0.29) is 0 Å². The van der Waals surface area contributed by atoms with Crippen LogP contribution in [0.4, 0.5) is 0 Å². The van der Waals surface area contributed by atoms with Crippen LogP contribution >= 0.6 is 0 Å². The zero-order valence-electron chi connectivity index (χ0n) is 13.7. The number of nitrogens with zero attached hydrogens (tertiary/aromatic N) is 2. The van der Waals surface area contributed by atoms with Crippen molar-refractivity contribution in [2.45, 2.75) is 59.3 Å². The van der Waals surface area contributed by atoms with Gasteiger partial charge in [-0.15, -0.1) is 0 Å². The molecule has 0 spiro atoms. The van der Waals surface area contributed by atoms with Crippen molar-refractivity contribution in [3.63, 3.8) is 0 Å². The fraction of sp³-hybridized carbons (Fsp3) is 0.824. The predicted molar refractivity (Wildman–Crippen MR) is 85.0 cm³/mol. The fourth-order valence-corrected chi connectivity index (χ4v) is 3.30. The molecule has 2 heterocycles. The van der Waals surface area contributed by atoms with Gasteiger partial charge in [-0.05, 0) is 43.2 Å². The lowest BCUT2D eigenvalue weighted by Gasteiger charge is -2.34. The third-order valence-corrected chi connectivity index (χ3v) is 4.56. The maximum atomic E-state index is 4.31. The van der Waals surface area contributed by atoms with Gasteiger partial charge >= 0.3 is 0 Å². The molecule has 1 aliphatic heterocycles. The number of aromatic amines is 1. The van der Waals surface area contributed by atoms with Crippen LogP contribution in [-0.2, 0) is 6.42 Å². The number of aromatic nitrogens is 2. The number of nitrogens with one attached hydrogen (secondary N) is 1. The lowest BCUT2D eigenvalue weighted by atomic mass is 9.90. The van der Waals surface area contributed by atoms with Crippen LogP contribution in [0.1, 0.15) is 64.1 Å². The summed E-state index contributed by atoms with van der Waals surface area (Å²) in [6.45, 7) is 13.0. The molecular weight excluding hydrogens is 246 g/mol. The van der Waals surface area contributed by atoms with E-state index < -0.39 is 0 Å². The molecule has 114 valence electrons. The van der Waals surface area contributed by atoms with Gasteiger partial charge in [-0.2, -0.15) is 5.10 Å². The van der Waals surface area contributed by atoms with Gasteiger partial charge in [-0.3, -0.25) is 5.10 Å². The Morgan fingerprint density at radius 2 is 2.20 bits per heavy atom. The van der Waals surface area contributed by atoms with Gasteiger partial charge in [0, 0.05) is 24.7 Å². The summed E-state index contributed by atoms with van der Waals surface area (Å²) in [5, 5.41) is 7.60. The Morgan fingerprint density at radius 1 is 1.40 bits per heavy atom. The highest BCUT2D eigenvalue weighted by atomic mass is 15.2. The van der Waals surface area contributed by atoms with Crippen LogP contribution in [0, 0.1) is 11.8 Å². The van der Waals surface area contributed by atoms with E-state index in [9.17, 15) is 0 Å². The van der Waals surface area contributed by atoms with Crippen molar-refractivity contribution in [2.24, 2.45) is 11.8 Å². The van der Waals surface area contributed by atoms with Gasteiger partial charge in [0.2, 0.25) is 0 Å². The lowest BCUT2D eigenvalue weighted by molar-refractivity contribution is 0.180. The third kappa shape index (κ3) is 4.08. The number of hydrogen-bond acceptors (Lipinski definition) is 2. The minimum atomic E-state index is 0.657. The molecule has 0 amide bonds. The Bertz CT molecular complexity index is 397. The summed E-state index contributed by atoms with van der Waals surface area (Å²) in [6, 6.07) is 0. The second-order valence-electron chi connectivity index (χ2n) is 7.02. The standard InChI is InChI=1S/C17H31N3/c1-5-14(4)11-20-8-6-7-15(12-20)17-16(9-13(2)3)10-18-19-17/h10,13-15H,5-9,11-12H2,1-4H3,(H,18,19)/t14-,15-/m0/s1. The van der Waals surface area contributed by atoms with Gasteiger partial charge < -0.3 is 4.90 Å². The zero-order chi connectivity index (χ0) is 14.5. The molecule has 0 unspecified atom stereocenters. The van der Waals surface area contributed by atoms with Crippen molar-refractivity contribution in [2.75, 3.05) is 19.6 Å². The lowest BCUT2D eigenvalue weighted by Crippen LogP contribution is -2.37. The molecule has 0 aliphatic carbocycles. The van der Waals surface area contributed by atoms with E-state index >= 15 is 0 Å². The number of hydrogen-bond donors (Lipinski definition) is 1. The van der Waals surface area contributed by atoms with E-state index in [1.54, 1.807) is 0 Å². The number of H-pyrrole nitrogens is 1. The van der Waals surface area contributed by atoms with Crippen molar-refractivity contribution in [3.05, 3.63) is 17.5 Å². The Balaban J connectivity index is 2.00. The van der Waals surface area contributed by atoms with Crippen LogP contribution < -0.4 is 0 Å². The minimum Gasteiger partial charge on any atom is -0.302 e. The summed E-state index contributed by atoms with van der Waals surface area (Å²) < 4.78 is 0. The molecule has 2 rings (SSSR count). The molecule has 1 N–H and O–H groups in total. The van der Waals surface area contributed by atoms with Crippen molar-refractivity contribution in [1.29, 1.82) is 0 Å². The average Bonchev–Trinajstić information content (AvgIpc) is 2.86. The summed E-state index contributed by atoms with van der Waals surface area (Å²) in [7, 11) is 0. The van der Waals surface area contributed by atoms with Crippen LogP contribution in [0.5, 0.6) is 0 Å². The maximum absolute atomic E-state index is 4.31. The van der Waals surface area contributed by atoms with Crippen molar-refractivity contribution in [3.8, 4) is 0 Å². The summed E-state index contributed by atoms with van der Waals surface area (Å²) in [6.07, 6.45) is 7.10. The summed E-state index contributed by atoms with van der Waals surface area (Å²) in [5.74, 6) is 2.17. The topological polar surface area (TPSA) is 31.9 Å². The second-order valence-corrected chi connectivity index (χ2v) is 7.02. The van der Waals surface area contributed by atoms with Gasteiger partial charge in [0.25, 0.3) is 0 Å². The van der Waals surface area contributed by atoms with Gasteiger partial charge in [0.05, 0.1) is 6.20 Å². The largest absolute Gasteiger partial charge is 0.302 e. The third-order valence-electron chi connectivity index (χ3n) is 4.56. The highest BCUT2D eigenvalue weighted by Gasteiger charge is 2.25. The molecule has 0 bridgehead atoms. The first kappa shape index (κ1) is 15.6. The summed E-state index contributed by atoms with van der Waals surface area (Å²) in [5.41, 5.74) is 2.85. The molecule has 1 fully saturated rings. The average molecular weight is 277 g/mol. The predicted octanol–water partition coefficient (Wildman–Crippen LogP) is 3.83. The van der Waals surface area contributed by atoms with E-state index in [1.807, 2.05) is 6.20 Å². The minimum absolute atomic E-state index is 0.657. The summed E-state index contributed by atoms with van der Waals surface area (Å²) in [4.78, 5) is 2.66. The highest BCUT2D eigenvalue weighted by molar-refractivity contribution is 5.22. The SMILES string of the molecule is CC[C@H](C)CN1CCC[C@H](c2[nH]ncc2CC(C)C)C1. The first-order valence-corrected chi connectivity index (χ1v) is 8.34. The van der Waals surface area contributed by atoms with Crippen molar-refractivity contribution < 1.29 is 0 Å². The smallest absolute Gasteiger partial charge is 0.0522 e. The van der Waals surface area contributed by atoms with Crippen LogP contribution in [0.25, 0.3) is 0 Å². The number of rotatable bonds is 6. The number of likely N-dealkylation sites (tertiary alicyclic amines) is 1. The normalized spacial score (nSPS) is 22.4. The van der Waals surface area contributed by atoms with Gasteiger partial charge in [0.15, 0.2) is 0 Å². The zero-order valence-corrected chi connectivity index (χ0v) is 13.7. The van der Waals surface area contributed by atoms with Crippen molar-refractivity contribution in [1.82, 2.24) is 15.1 Å². The van der Waals surface area contributed by atoms with E-state index in [2.05, 4.69) is 42.8 Å². The highest BCUT2D eigenvalue weighted by Crippen LogP contribution is 2.29. The first-order chi connectivity index (χ1) is 9.60. The Hall–Kier alpha value is -0.830. The Morgan fingerprint density at radius 3 is 2.90 bits per heavy atom. The summed E-state index contributed by atoms with van der Waals surface area (Å²) >= 11 is 0. The van der Waals surface area contributed by atoms with Gasteiger partial charge in [0.1, 0.15) is 0 Å². The van der Waals surface area contributed by atoms with Crippen LogP contribution in [-0.4, -0.2) is 34.7 Å². The molecule has 1 saturated heterocycles. The van der Waals surface area contributed by atoms with Crippen LogP contribution in [0.15, 0.2) is 6.20 Å². The van der Waals surface area contributed by atoms with Crippen LogP contribution in [0.3, 0.4) is 0 Å². The molecule has 2 atom stereocenters. The molecule has 3 heteroatoms. The molecule has 20 heavy (non-hydrogen) atoms. The molecule has 0 radical (unpaired) electrons. The van der Waals surface area contributed by atoms with E-state index in [0.717, 1.165) is 12.3 Å². The van der Waals surface area contributed by atoms with E-state index in [0.29, 0.717) is 11.8 Å². The quantitative estimate of drug-likeness (QED) is 0.857. The Labute approximate surface area is 124 Å².